The van der Waals surface area contributed by atoms with Crippen LogP contribution in [0.3, 0.4) is 0 Å². The number of anilines is 1. The first-order chi connectivity index (χ1) is 12.5. The molecule has 2 aromatic rings. The van der Waals surface area contributed by atoms with E-state index >= 15 is 0 Å². The SMILES string of the molecule is CCOc1cc(/C=C(/C#N)C(=O)Nc2ccccc2I)cc(Br)c1OC. The van der Waals surface area contributed by atoms with Crippen LogP contribution in [0.2, 0.25) is 0 Å². The summed E-state index contributed by atoms with van der Waals surface area (Å²) in [5.74, 6) is 0.623. The maximum atomic E-state index is 12.4. The van der Waals surface area contributed by atoms with Gasteiger partial charge in [0.1, 0.15) is 11.6 Å². The van der Waals surface area contributed by atoms with E-state index in [0.29, 0.717) is 33.8 Å². The summed E-state index contributed by atoms with van der Waals surface area (Å²) in [5.41, 5.74) is 1.30. The fourth-order valence-corrected chi connectivity index (χ4v) is 3.34. The second-order valence-corrected chi connectivity index (χ2v) is 7.09. The summed E-state index contributed by atoms with van der Waals surface area (Å²) in [6.07, 6.45) is 1.51. The number of nitrogens with one attached hydrogen (secondary N) is 1. The second kappa shape index (κ2) is 9.59. The van der Waals surface area contributed by atoms with Crippen molar-refractivity contribution in [3.05, 3.63) is 55.6 Å². The van der Waals surface area contributed by atoms with Crippen LogP contribution in [0.1, 0.15) is 12.5 Å². The van der Waals surface area contributed by atoms with Gasteiger partial charge in [0, 0.05) is 3.57 Å². The van der Waals surface area contributed by atoms with Gasteiger partial charge in [-0.25, -0.2) is 0 Å². The number of amides is 1. The van der Waals surface area contributed by atoms with E-state index in [0.717, 1.165) is 3.57 Å². The molecule has 0 fully saturated rings. The molecule has 1 amide bonds. The Hall–Kier alpha value is -2.05. The lowest BCUT2D eigenvalue weighted by atomic mass is 10.1. The number of para-hydroxylation sites is 1. The van der Waals surface area contributed by atoms with Crippen LogP contribution >= 0.6 is 38.5 Å². The molecule has 26 heavy (non-hydrogen) atoms. The van der Waals surface area contributed by atoms with Crippen LogP contribution in [-0.4, -0.2) is 19.6 Å². The molecule has 7 heteroatoms. The summed E-state index contributed by atoms with van der Waals surface area (Å²) >= 11 is 5.55. The first-order valence-corrected chi connectivity index (χ1v) is 9.55. The number of nitriles is 1. The summed E-state index contributed by atoms with van der Waals surface area (Å²) in [6.45, 7) is 2.33. The Morgan fingerprint density at radius 1 is 1.38 bits per heavy atom. The van der Waals surface area contributed by atoms with Crippen molar-refractivity contribution in [3.63, 3.8) is 0 Å². The van der Waals surface area contributed by atoms with E-state index in [-0.39, 0.29) is 5.57 Å². The summed E-state index contributed by atoms with van der Waals surface area (Å²) in [5, 5.41) is 12.2. The Balaban J connectivity index is 2.35. The van der Waals surface area contributed by atoms with E-state index in [2.05, 4.69) is 43.8 Å². The monoisotopic (exact) mass is 526 g/mol. The molecule has 0 aliphatic carbocycles. The standard InChI is InChI=1S/C19H16BrIN2O3/c1-3-26-17-10-12(9-14(20)18(17)25-2)8-13(11-22)19(24)23-16-7-5-4-6-15(16)21/h4-10H,3H2,1-2H3,(H,23,24)/b13-8-. The minimum atomic E-state index is -0.471. The van der Waals surface area contributed by atoms with Crippen molar-refractivity contribution in [2.24, 2.45) is 0 Å². The number of carbonyl (C=O) groups is 1. The molecule has 0 saturated carbocycles. The summed E-state index contributed by atoms with van der Waals surface area (Å²) in [6, 6.07) is 12.8. The third-order valence-corrected chi connectivity index (χ3v) is 4.86. The van der Waals surface area contributed by atoms with Gasteiger partial charge in [-0.15, -0.1) is 0 Å². The molecule has 0 aromatic heterocycles. The lowest BCUT2D eigenvalue weighted by Crippen LogP contribution is -2.14. The first-order valence-electron chi connectivity index (χ1n) is 7.68. The third-order valence-electron chi connectivity index (χ3n) is 3.33. The van der Waals surface area contributed by atoms with Crippen molar-refractivity contribution in [3.8, 4) is 17.6 Å². The van der Waals surface area contributed by atoms with E-state index in [9.17, 15) is 10.1 Å². The average Bonchev–Trinajstić information content (AvgIpc) is 2.61. The molecule has 0 radical (unpaired) electrons. The molecule has 134 valence electrons. The van der Waals surface area contributed by atoms with Gasteiger partial charge in [-0.05, 0) is 81.3 Å². The maximum absolute atomic E-state index is 12.4. The van der Waals surface area contributed by atoms with Crippen LogP contribution in [0.4, 0.5) is 5.69 Å². The average molecular weight is 527 g/mol. The highest BCUT2D eigenvalue weighted by molar-refractivity contribution is 14.1. The van der Waals surface area contributed by atoms with Gasteiger partial charge in [-0.1, -0.05) is 12.1 Å². The molecule has 2 rings (SSSR count). The molecular weight excluding hydrogens is 511 g/mol. The van der Waals surface area contributed by atoms with Crippen molar-refractivity contribution in [2.75, 3.05) is 19.0 Å². The van der Waals surface area contributed by atoms with Crippen LogP contribution in [-0.2, 0) is 4.79 Å². The first kappa shape index (κ1) is 20.3. The number of nitrogens with zero attached hydrogens (tertiary/aromatic N) is 1. The summed E-state index contributed by atoms with van der Waals surface area (Å²) in [7, 11) is 1.55. The zero-order valence-electron chi connectivity index (χ0n) is 14.2. The number of hydrogen-bond donors (Lipinski definition) is 1. The maximum Gasteiger partial charge on any atom is 0.266 e. The molecule has 0 aliphatic rings. The summed E-state index contributed by atoms with van der Waals surface area (Å²) < 4.78 is 12.4. The van der Waals surface area contributed by atoms with Gasteiger partial charge in [0.15, 0.2) is 11.5 Å². The number of ether oxygens (including phenoxy) is 2. The molecule has 0 aliphatic heterocycles. The molecule has 0 unspecified atom stereocenters. The normalized spacial score (nSPS) is 10.8. The van der Waals surface area contributed by atoms with Gasteiger partial charge in [0.2, 0.25) is 0 Å². The number of methoxy groups -OCH3 is 1. The Labute approximate surface area is 174 Å². The molecule has 0 saturated heterocycles. The number of halogens is 2. The van der Waals surface area contributed by atoms with Gasteiger partial charge < -0.3 is 14.8 Å². The minimum absolute atomic E-state index is 0.0100. The Morgan fingerprint density at radius 3 is 2.73 bits per heavy atom. The Morgan fingerprint density at radius 2 is 2.12 bits per heavy atom. The number of benzene rings is 2. The van der Waals surface area contributed by atoms with Gasteiger partial charge in [0.25, 0.3) is 5.91 Å². The molecular formula is C19H16BrIN2O3. The number of carbonyl (C=O) groups excluding carboxylic acids is 1. The smallest absolute Gasteiger partial charge is 0.266 e. The second-order valence-electron chi connectivity index (χ2n) is 5.07. The third kappa shape index (κ3) is 4.99. The quantitative estimate of drug-likeness (QED) is 0.326. The molecule has 0 heterocycles. The topological polar surface area (TPSA) is 71.3 Å². The Kier molecular flexibility index (Phi) is 7.48. The largest absolute Gasteiger partial charge is 0.492 e. The van der Waals surface area contributed by atoms with Gasteiger partial charge in [-0.2, -0.15) is 5.26 Å². The lowest BCUT2D eigenvalue weighted by molar-refractivity contribution is -0.112. The van der Waals surface area contributed by atoms with E-state index in [4.69, 9.17) is 9.47 Å². The minimum Gasteiger partial charge on any atom is -0.492 e. The van der Waals surface area contributed by atoms with E-state index in [1.165, 1.54) is 6.08 Å². The van der Waals surface area contributed by atoms with Crippen LogP contribution < -0.4 is 14.8 Å². The Bertz CT molecular complexity index is 891. The van der Waals surface area contributed by atoms with Gasteiger partial charge in [0.05, 0.1) is 23.9 Å². The zero-order chi connectivity index (χ0) is 19.1. The van der Waals surface area contributed by atoms with Gasteiger partial charge >= 0.3 is 0 Å². The van der Waals surface area contributed by atoms with Crippen molar-refractivity contribution in [1.29, 1.82) is 5.26 Å². The molecule has 5 nitrogen and oxygen atoms in total. The summed E-state index contributed by atoms with van der Waals surface area (Å²) in [4.78, 5) is 12.4. The highest BCUT2D eigenvalue weighted by atomic mass is 127. The fourth-order valence-electron chi connectivity index (χ4n) is 2.20. The van der Waals surface area contributed by atoms with E-state index < -0.39 is 5.91 Å². The number of rotatable bonds is 6. The fraction of sp³-hybridized carbons (Fsp3) is 0.158. The van der Waals surface area contributed by atoms with E-state index in [1.54, 1.807) is 25.3 Å². The lowest BCUT2D eigenvalue weighted by Gasteiger charge is -2.12. The van der Waals surface area contributed by atoms with Crippen LogP contribution in [0.5, 0.6) is 11.5 Å². The van der Waals surface area contributed by atoms with E-state index in [1.807, 2.05) is 31.2 Å². The van der Waals surface area contributed by atoms with Crippen LogP contribution in [0, 0.1) is 14.9 Å². The predicted molar refractivity (Wildman–Crippen MR) is 113 cm³/mol. The molecule has 0 atom stereocenters. The van der Waals surface area contributed by atoms with Crippen molar-refractivity contribution in [1.82, 2.24) is 0 Å². The van der Waals surface area contributed by atoms with Gasteiger partial charge in [-0.3, -0.25) is 4.79 Å². The van der Waals surface area contributed by atoms with Crippen molar-refractivity contribution >= 4 is 56.2 Å². The number of hydrogen-bond acceptors (Lipinski definition) is 4. The van der Waals surface area contributed by atoms with Crippen molar-refractivity contribution < 1.29 is 14.3 Å². The molecule has 0 bridgehead atoms. The molecule has 0 spiro atoms. The van der Waals surface area contributed by atoms with Crippen LogP contribution in [0.15, 0.2) is 46.4 Å². The van der Waals surface area contributed by atoms with Crippen LogP contribution in [0.25, 0.3) is 6.08 Å². The zero-order valence-corrected chi connectivity index (χ0v) is 17.9. The predicted octanol–water partition coefficient (Wildman–Crippen LogP) is 5.01. The molecule has 2 aromatic carbocycles. The van der Waals surface area contributed by atoms with Crippen molar-refractivity contribution in [2.45, 2.75) is 6.92 Å². The molecule has 1 N–H and O–H groups in total. The highest BCUT2D eigenvalue weighted by Gasteiger charge is 2.14. The highest BCUT2D eigenvalue weighted by Crippen LogP contribution is 2.37.